The summed E-state index contributed by atoms with van der Waals surface area (Å²) >= 11 is 2.19. The summed E-state index contributed by atoms with van der Waals surface area (Å²) in [7, 11) is 1.88. The molecule has 2 rings (SSSR count). The van der Waals surface area contributed by atoms with Gasteiger partial charge in [0.15, 0.2) is 0 Å². The average molecular weight is 255 g/mol. The second-order valence-electron chi connectivity index (χ2n) is 5.52. The van der Waals surface area contributed by atoms with Crippen molar-refractivity contribution in [2.24, 2.45) is 0 Å². The fraction of sp³-hybridized carbons (Fsp3) is 0.933. The maximum Gasteiger partial charge on any atom is 0.0590 e. The SMILES string of the molecule is COC1CCSC([C]2CCCCCCCC2)C1. The number of thioether (sulfide) groups is 1. The van der Waals surface area contributed by atoms with Crippen molar-refractivity contribution in [2.45, 2.75) is 75.6 Å². The maximum atomic E-state index is 5.57. The van der Waals surface area contributed by atoms with Crippen LogP contribution in [0, 0.1) is 5.92 Å². The molecular formula is C15H27OS. The third kappa shape index (κ3) is 4.48. The summed E-state index contributed by atoms with van der Waals surface area (Å²) in [6, 6.07) is 0. The first-order valence-electron chi connectivity index (χ1n) is 7.39. The highest BCUT2D eigenvalue weighted by molar-refractivity contribution is 8.00. The molecule has 1 aliphatic carbocycles. The topological polar surface area (TPSA) is 9.23 Å². The lowest BCUT2D eigenvalue weighted by atomic mass is 9.90. The summed E-state index contributed by atoms with van der Waals surface area (Å²) in [6.07, 6.45) is 14.6. The fourth-order valence-electron chi connectivity index (χ4n) is 3.12. The summed E-state index contributed by atoms with van der Waals surface area (Å²) < 4.78 is 5.57. The number of methoxy groups -OCH3 is 1. The van der Waals surface area contributed by atoms with Gasteiger partial charge in [-0.3, -0.25) is 0 Å². The highest BCUT2D eigenvalue weighted by Gasteiger charge is 2.29. The Kier molecular flexibility index (Phi) is 6.21. The first kappa shape index (κ1) is 13.7. The maximum absolute atomic E-state index is 5.57. The van der Waals surface area contributed by atoms with E-state index in [1.165, 1.54) is 70.0 Å². The van der Waals surface area contributed by atoms with E-state index in [4.69, 9.17) is 4.74 Å². The number of hydrogen-bond donors (Lipinski definition) is 0. The van der Waals surface area contributed by atoms with Crippen LogP contribution in [0.15, 0.2) is 0 Å². The molecule has 17 heavy (non-hydrogen) atoms. The van der Waals surface area contributed by atoms with E-state index in [1.54, 1.807) is 0 Å². The fourth-order valence-corrected chi connectivity index (χ4v) is 4.63. The minimum absolute atomic E-state index is 0.529. The molecule has 1 radical (unpaired) electrons. The molecule has 0 aromatic carbocycles. The molecule has 1 nitrogen and oxygen atoms in total. The van der Waals surface area contributed by atoms with Crippen LogP contribution in [0.4, 0.5) is 0 Å². The van der Waals surface area contributed by atoms with Crippen molar-refractivity contribution in [3.8, 4) is 0 Å². The van der Waals surface area contributed by atoms with Gasteiger partial charge in [0.2, 0.25) is 0 Å². The van der Waals surface area contributed by atoms with Gasteiger partial charge in [0.25, 0.3) is 0 Å². The zero-order valence-electron chi connectivity index (χ0n) is 11.2. The van der Waals surface area contributed by atoms with Crippen LogP contribution in [0.1, 0.15) is 64.2 Å². The predicted molar refractivity (Wildman–Crippen MR) is 76.5 cm³/mol. The van der Waals surface area contributed by atoms with E-state index in [-0.39, 0.29) is 0 Å². The smallest absolute Gasteiger partial charge is 0.0590 e. The van der Waals surface area contributed by atoms with Gasteiger partial charge in [0.1, 0.15) is 0 Å². The van der Waals surface area contributed by atoms with Crippen molar-refractivity contribution in [3.05, 3.63) is 5.92 Å². The van der Waals surface area contributed by atoms with E-state index in [1.807, 2.05) is 13.0 Å². The number of hydrogen-bond acceptors (Lipinski definition) is 2. The number of ether oxygens (including phenoxy) is 1. The van der Waals surface area contributed by atoms with Crippen molar-refractivity contribution < 1.29 is 4.74 Å². The lowest BCUT2D eigenvalue weighted by Gasteiger charge is -2.33. The van der Waals surface area contributed by atoms with Crippen molar-refractivity contribution in [3.63, 3.8) is 0 Å². The molecule has 0 spiro atoms. The molecule has 0 bridgehead atoms. The molecule has 1 saturated heterocycles. The average Bonchev–Trinajstić information content (AvgIpc) is 2.52. The second kappa shape index (κ2) is 7.68. The first-order chi connectivity index (χ1) is 8.40. The van der Waals surface area contributed by atoms with E-state index in [2.05, 4.69) is 11.8 Å². The van der Waals surface area contributed by atoms with E-state index in [9.17, 15) is 0 Å². The predicted octanol–water partition coefficient (Wildman–Crippen LogP) is 4.61. The Morgan fingerprint density at radius 2 is 1.65 bits per heavy atom. The van der Waals surface area contributed by atoms with Gasteiger partial charge in [-0.2, -0.15) is 11.8 Å². The Morgan fingerprint density at radius 1 is 1.00 bits per heavy atom. The van der Waals surface area contributed by atoms with Crippen molar-refractivity contribution in [2.75, 3.05) is 12.9 Å². The van der Waals surface area contributed by atoms with Gasteiger partial charge in [-0.1, -0.05) is 38.5 Å². The minimum atomic E-state index is 0.529. The van der Waals surface area contributed by atoms with Gasteiger partial charge in [-0.25, -0.2) is 0 Å². The van der Waals surface area contributed by atoms with E-state index >= 15 is 0 Å². The van der Waals surface area contributed by atoms with Gasteiger partial charge < -0.3 is 4.74 Å². The molecule has 1 aliphatic heterocycles. The quantitative estimate of drug-likeness (QED) is 0.713. The molecular weight excluding hydrogens is 228 g/mol. The zero-order valence-corrected chi connectivity index (χ0v) is 12.1. The van der Waals surface area contributed by atoms with Gasteiger partial charge in [0, 0.05) is 12.4 Å². The minimum Gasteiger partial charge on any atom is -0.381 e. The molecule has 2 atom stereocenters. The van der Waals surface area contributed by atoms with Crippen LogP contribution in [0.25, 0.3) is 0 Å². The van der Waals surface area contributed by atoms with Crippen LogP contribution < -0.4 is 0 Å². The molecule has 0 aromatic rings. The van der Waals surface area contributed by atoms with Crippen LogP contribution in [-0.2, 0) is 4.74 Å². The standard InChI is InChI=1S/C15H27OS/c1-16-14-10-11-17-15(12-14)13-8-6-4-2-3-5-7-9-13/h14-15H,2-12H2,1H3. The molecule has 1 saturated carbocycles. The normalized spacial score (nSPS) is 33.7. The molecule has 2 heteroatoms. The molecule has 99 valence electrons. The first-order valence-corrected chi connectivity index (χ1v) is 8.44. The molecule has 2 aliphatic rings. The highest BCUT2D eigenvalue weighted by Crippen LogP contribution is 2.38. The molecule has 0 aromatic heterocycles. The van der Waals surface area contributed by atoms with E-state index in [0.29, 0.717) is 6.10 Å². The van der Waals surface area contributed by atoms with E-state index in [0.717, 1.165) is 5.25 Å². The molecule has 2 unspecified atom stereocenters. The van der Waals surface area contributed by atoms with Crippen LogP contribution in [0.3, 0.4) is 0 Å². The van der Waals surface area contributed by atoms with Crippen LogP contribution in [0.5, 0.6) is 0 Å². The lowest BCUT2D eigenvalue weighted by Crippen LogP contribution is -2.28. The Morgan fingerprint density at radius 3 is 2.29 bits per heavy atom. The Balaban J connectivity index is 1.84. The monoisotopic (exact) mass is 255 g/mol. The summed E-state index contributed by atoms with van der Waals surface area (Å²) in [5.74, 6) is 3.16. The van der Waals surface area contributed by atoms with Crippen molar-refractivity contribution in [1.82, 2.24) is 0 Å². The summed E-state index contributed by atoms with van der Waals surface area (Å²) in [5, 5.41) is 0.812. The third-order valence-corrected chi connectivity index (χ3v) is 5.67. The summed E-state index contributed by atoms with van der Waals surface area (Å²) in [4.78, 5) is 0. The number of rotatable bonds is 2. The van der Waals surface area contributed by atoms with Crippen LogP contribution in [-0.4, -0.2) is 24.2 Å². The molecule has 0 amide bonds. The Labute approximate surface area is 111 Å². The Bertz CT molecular complexity index is 197. The van der Waals surface area contributed by atoms with Crippen LogP contribution >= 0.6 is 11.8 Å². The van der Waals surface area contributed by atoms with E-state index < -0.39 is 0 Å². The third-order valence-electron chi connectivity index (χ3n) is 4.27. The zero-order chi connectivity index (χ0) is 11.9. The van der Waals surface area contributed by atoms with Gasteiger partial charge in [-0.15, -0.1) is 0 Å². The second-order valence-corrected chi connectivity index (χ2v) is 6.83. The molecule has 0 N–H and O–H groups in total. The summed E-state index contributed by atoms with van der Waals surface area (Å²) in [5.41, 5.74) is 0. The summed E-state index contributed by atoms with van der Waals surface area (Å²) in [6.45, 7) is 0. The van der Waals surface area contributed by atoms with Gasteiger partial charge >= 0.3 is 0 Å². The Hall–Kier alpha value is 0.310. The lowest BCUT2D eigenvalue weighted by molar-refractivity contribution is 0.0899. The molecule has 2 fully saturated rings. The molecule has 1 heterocycles. The van der Waals surface area contributed by atoms with Crippen molar-refractivity contribution >= 4 is 11.8 Å². The largest absolute Gasteiger partial charge is 0.381 e. The van der Waals surface area contributed by atoms with Gasteiger partial charge in [0.05, 0.1) is 6.10 Å². The van der Waals surface area contributed by atoms with Crippen LogP contribution in [0.2, 0.25) is 0 Å². The van der Waals surface area contributed by atoms with Gasteiger partial charge in [-0.05, 0) is 37.4 Å². The highest BCUT2D eigenvalue weighted by atomic mass is 32.2. The van der Waals surface area contributed by atoms with Crippen molar-refractivity contribution in [1.29, 1.82) is 0 Å².